The molecule has 5 heteroatoms. The molecule has 120 valence electrons. The second-order valence-corrected chi connectivity index (χ2v) is 6.30. The summed E-state index contributed by atoms with van der Waals surface area (Å²) in [4.78, 5) is 4.79. The molecule has 1 N–H and O–H groups in total. The van der Waals surface area contributed by atoms with Crippen LogP contribution in [0.15, 0.2) is 48.5 Å². The molecule has 4 aromatic rings. The van der Waals surface area contributed by atoms with Crippen molar-refractivity contribution in [3.63, 3.8) is 0 Å². The molecular weight excluding hydrogens is 298 g/mol. The lowest BCUT2D eigenvalue weighted by molar-refractivity contribution is 0.869. The lowest BCUT2D eigenvalue weighted by Gasteiger charge is -2.13. The van der Waals surface area contributed by atoms with Crippen LogP contribution in [-0.4, -0.2) is 25.6 Å². The van der Waals surface area contributed by atoms with Gasteiger partial charge in [0.25, 0.3) is 0 Å². The second kappa shape index (κ2) is 5.60. The normalized spacial score (nSPS) is 11.5. The number of para-hydroxylation sites is 1. The average Bonchev–Trinajstić information content (AvgIpc) is 3.01. The third-order valence-corrected chi connectivity index (χ3v) is 3.97. The summed E-state index contributed by atoms with van der Waals surface area (Å²) >= 11 is 0. The van der Waals surface area contributed by atoms with Crippen molar-refractivity contribution in [2.75, 3.05) is 5.32 Å². The first-order valence-corrected chi connectivity index (χ1v) is 8.11. The molecule has 0 aliphatic carbocycles. The summed E-state index contributed by atoms with van der Waals surface area (Å²) in [5.41, 5.74) is 3.98. The molecule has 0 radical (unpaired) electrons. The van der Waals surface area contributed by atoms with Crippen LogP contribution in [0.4, 0.5) is 5.95 Å². The lowest BCUT2D eigenvalue weighted by Crippen LogP contribution is -2.15. The third kappa shape index (κ3) is 2.38. The van der Waals surface area contributed by atoms with E-state index in [0.29, 0.717) is 0 Å². The molecule has 0 bridgehead atoms. The van der Waals surface area contributed by atoms with Crippen LogP contribution in [0.3, 0.4) is 0 Å². The van der Waals surface area contributed by atoms with Crippen molar-refractivity contribution in [3.05, 3.63) is 54.1 Å². The molecule has 5 nitrogen and oxygen atoms in total. The predicted octanol–water partition coefficient (Wildman–Crippen LogP) is 4.07. The number of aromatic nitrogens is 4. The monoisotopic (exact) mass is 317 g/mol. The van der Waals surface area contributed by atoms with E-state index < -0.39 is 0 Å². The molecule has 4 rings (SSSR count). The first-order chi connectivity index (χ1) is 11.6. The fourth-order valence-electron chi connectivity index (χ4n) is 2.83. The van der Waals surface area contributed by atoms with E-state index >= 15 is 0 Å². The molecule has 2 aromatic heterocycles. The maximum atomic E-state index is 4.79. The number of rotatable bonds is 3. The largest absolute Gasteiger partial charge is 0.353 e. The highest BCUT2D eigenvalue weighted by atomic mass is 15.3. The minimum atomic E-state index is 0.259. The van der Waals surface area contributed by atoms with E-state index in [1.807, 2.05) is 28.7 Å². The number of anilines is 1. The number of aryl methyl sites for hydroxylation is 1. The van der Waals surface area contributed by atoms with Crippen molar-refractivity contribution in [1.82, 2.24) is 19.6 Å². The Bertz CT molecular complexity index is 1020. The van der Waals surface area contributed by atoms with Crippen LogP contribution in [0, 0.1) is 6.92 Å². The van der Waals surface area contributed by atoms with Crippen LogP contribution in [0.5, 0.6) is 0 Å². The van der Waals surface area contributed by atoms with Crippen molar-refractivity contribution in [2.45, 2.75) is 26.8 Å². The predicted molar refractivity (Wildman–Crippen MR) is 97.2 cm³/mol. The summed E-state index contributed by atoms with van der Waals surface area (Å²) in [7, 11) is 0. The Balaban J connectivity index is 2.05. The minimum Gasteiger partial charge on any atom is -0.353 e. The van der Waals surface area contributed by atoms with Crippen molar-refractivity contribution >= 4 is 22.5 Å². The standard InChI is InChI=1S/C19H19N5/c1-12(2)20-19-21-16-7-5-4-6-15(16)18-23-22-17(24(18)19)14-10-8-13(3)9-11-14/h4-12H,1-3H3,(H,20,21). The molecule has 0 aliphatic rings. The Hall–Kier alpha value is -2.95. The molecule has 2 heterocycles. The van der Waals surface area contributed by atoms with E-state index in [1.54, 1.807) is 0 Å². The first-order valence-electron chi connectivity index (χ1n) is 8.11. The number of hydrogen-bond acceptors (Lipinski definition) is 4. The highest BCUT2D eigenvalue weighted by Crippen LogP contribution is 2.27. The van der Waals surface area contributed by atoms with Gasteiger partial charge >= 0.3 is 0 Å². The average molecular weight is 317 g/mol. The number of fused-ring (bicyclic) bond motifs is 3. The Morgan fingerprint density at radius 1 is 0.958 bits per heavy atom. The van der Waals surface area contributed by atoms with Crippen LogP contribution >= 0.6 is 0 Å². The summed E-state index contributed by atoms with van der Waals surface area (Å²) in [5, 5.41) is 13.3. The van der Waals surface area contributed by atoms with Gasteiger partial charge in [0.1, 0.15) is 0 Å². The van der Waals surface area contributed by atoms with Crippen LogP contribution in [0.1, 0.15) is 19.4 Å². The van der Waals surface area contributed by atoms with E-state index in [0.717, 1.165) is 33.9 Å². The highest BCUT2D eigenvalue weighted by molar-refractivity contribution is 5.93. The molecule has 0 saturated carbocycles. The molecule has 0 unspecified atom stereocenters. The molecule has 0 atom stereocenters. The van der Waals surface area contributed by atoms with E-state index in [2.05, 4.69) is 60.6 Å². The Labute approximate surface area is 140 Å². The molecule has 0 amide bonds. The maximum absolute atomic E-state index is 4.79. The van der Waals surface area contributed by atoms with Crippen LogP contribution in [0.2, 0.25) is 0 Å². The summed E-state index contributed by atoms with van der Waals surface area (Å²) < 4.78 is 2.01. The zero-order valence-electron chi connectivity index (χ0n) is 14.0. The highest BCUT2D eigenvalue weighted by Gasteiger charge is 2.16. The van der Waals surface area contributed by atoms with Gasteiger partial charge < -0.3 is 5.32 Å². The Morgan fingerprint density at radius 2 is 1.71 bits per heavy atom. The fourth-order valence-corrected chi connectivity index (χ4v) is 2.83. The van der Waals surface area contributed by atoms with Crippen molar-refractivity contribution in [2.24, 2.45) is 0 Å². The zero-order valence-corrected chi connectivity index (χ0v) is 14.0. The van der Waals surface area contributed by atoms with Gasteiger partial charge in [-0.2, -0.15) is 0 Å². The summed E-state index contributed by atoms with van der Waals surface area (Å²) in [6, 6.07) is 16.6. The zero-order chi connectivity index (χ0) is 16.7. The molecular formula is C19H19N5. The minimum absolute atomic E-state index is 0.259. The summed E-state index contributed by atoms with van der Waals surface area (Å²) in [6.45, 7) is 6.27. The SMILES string of the molecule is Cc1ccc(-c2nnc3c4ccccc4nc(NC(C)C)n23)cc1. The third-order valence-electron chi connectivity index (χ3n) is 3.97. The molecule has 24 heavy (non-hydrogen) atoms. The van der Waals surface area contributed by atoms with E-state index in [4.69, 9.17) is 4.98 Å². The number of hydrogen-bond donors (Lipinski definition) is 1. The van der Waals surface area contributed by atoms with Gasteiger partial charge in [-0.15, -0.1) is 10.2 Å². The smallest absolute Gasteiger partial charge is 0.211 e. The first kappa shape index (κ1) is 14.6. The quantitative estimate of drug-likeness (QED) is 0.619. The van der Waals surface area contributed by atoms with Gasteiger partial charge in [0.2, 0.25) is 5.95 Å². The maximum Gasteiger partial charge on any atom is 0.211 e. The molecule has 0 saturated heterocycles. The topological polar surface area (TPSA) is 55.1 Å². The van der Waals surface area contributed by atoms with E-state index in [9.17, 15) is 0 Å². The lowest BCUT2D eigenvalue weighted by atomic mass is 10.1. The molecule has 2 aromatic carbocycles. The second-order valence-electron chi connectivity index (χ2n) is 6.30. The summed E-state index contributed by atoms with van der Waals surface area (Å²) in [5.74, 6) is 1.56. The van der Waals surface area contributed by atoms with Gasteiger partial charge in [-0.3, -0.25) is 0 Å². The van der Waals surface area contributed by atoms with Gasteiger partial charge in [-0.05, 0) is 32.9 Å². The number of benzene rings is 2. The van der Waals surface area contributed by atoms with Crippen LogP contribution in [0.25, 0.3) is 27.9 Å². The van der Waals surface area contributed by atoms with Gasteiger partial charge in [-0.25, -0.2) is 9.38 Å². The van der Waals surface area contributed by atoms with Crippen molar-refractivity contribution in [1.29, 1.82) is 0 Å². The van der Waals surface area contributed by atoms with Crippen molar-refractivity contribution in [3.8, 4) is 11.4 Å². The Morgan fingerprint density at radius 3 is 2.46 bits per heavy atom. The van der Waals surface area contributed by atoms with Gasteiger partial charge in [0, 0.05) is 17.0 Å². The van der Waals surface area contributed by atoms with Gasteiger partial charge in [0.15, 0.2) is 11.5 Å². The van der Waals surface area contributed by atoms with Gasteiger partial charge in [-0.1, -0.05) is 42.0 Å². The molecule has 0 spiro atoms. The van der Waals surface area contributed by atoms with Crippen LogP contribution < -0.4 is 5.32 Å². The van der Waals surface area contributed by atoms with Crippen LogP contribution in [-0.2, 0) is 0 Å². The molecule has 0 aliphatic heterocycles. The number of nitrogens with zero attached hydrogens (tertiary/aromatic N) is 4. The number of nitrogens with one attached hydrogen (secondary N) is 1. The van der Waals surface area contributed by atoms with Crippen molar-refractivity contribution < 1.29 is 0 Å². The molecule has 0 fully saturated rings. The van der Waals surface area contributed by atoms with E-state index in [1.165, 1.54) is 5.56 Å². The Kier molecular flexibility index (Phi) is 3.41. The van der Waals surface area contributed by atoms with Gasteiger partial charge in [0.05, 0.1) is 5.52 Å². The van der Waals surface area contributed by atoms with E-state index in [-0.39, 0.29) is 6.04 Å². The summed E-state index contributed by atoms with van der Waals surface area (Å²) in [6.07, 6.45) is 0. The fraction of sp³-hybridized carbons (Fsp3) is 0.211.